The van der Waals surface area contributed by atoms with Gasteiger partial charge in [0.2, 0.25) is 0 Å². The van der Waals surface area contributed by atoms with Gasteiger partial charge in [0.1, 0.15) is 5.60 Å². The number of esters is 2. The van der Waals surface area contributed by atoms with Gasteiger partial charge in [-0.2, -0.15) is 0 Å². The predicted octanol–water partition coefficient (Wildman–Crippen LogP) is 3.49. The number of aliphatic carboxylic acids is 1. The highest BCUT2D eigenvalue weighted by atomic mass is 35.5. The zero-order valence-corrected chi connectivity index (χ0v) is 14.7. The maximum absolute atomic E-state index is 12.2. The normalized spacial score (nSPS) is 15.0. The van der Waals surface area contributed by atoms with Crippen LogP contribution in [0.3, 0.4) is 0 Å². The Bertz CT molecular complexity index is 724. The van der Waals surface area contributed by atoms with Crippen LogP contribution < -0.4 is 0 Å². The number of ether oxygens (including phenoxy) is 2. The molecule has 8 heteroatoms. The van der Waals surface area contributed by atoms with Crippen molar-refractivity contribution >= 4 is 41.1 Å². The van der Waals surface area contributed by atoms with Crippen LogP contribution in [0.2, 0.25) is 10.0 Å². The zero-order chi connectivity index (χ0) is 18.6. The van der Waals surface area contributed by atoms with E-state index in [0.29, 0.717) is 28.5 Å². The average molecular weight is 387 g/mol. The molecule has 0 radical (unpaired) electrons. The van der Waals surface area contributed by atoms with Crippen molar-refractivity contribution in [3.63, 3.8) is 0 Å². The summed E-state index contributed by atoms with van der Waals surface area (Å²) in [5.74, 6) is -2.91. The van der Waals surface area contributed by atoms with Gasteiger partial charge < -0.3 is 14.6 Å². The first-order chi connectivity index (χ1) is 11.7. The summed E-state index contributed by atoms with van der Waals surface area (Å²) in [7, 11) is 0. The maximum atomic E-state index is 12.2. The number of hydrogen-bond acceptors (Lipinski definition) is 5. The van der Waals surface area contributed by atoms with Crippen LogP contribution in [0.1, 0.15) is 31.2 Å². The van der Waals surface area contributed by atoms with E-state index in [2.05, 4.69) is 11.3 Å². The highest BCUT2D eigenvalue weighted by molar-refractivity contribution is 6.35. The Hall–Kier alpha value is -2.05. The minimum atomic E-state index is -1.30. The Balaban J connectivity index is 2.01. The number of hydrogen-bond donors (Lipinski definition) is 1. The second-order valence-corrected chi connectivity index (χ2v) is 6.54. The highest BCUT2D eigenvalue weighted by Crippen LogP contribution is 2.47. The summed E-state index contributed by atoms with van der Waals surface area (Å²) in [6.07, 6.45) is 1.69. The van der Waals surface area contributed by atoms with Crippen molar-refractivity contribution in [2.24, 2.45) is 0 Å². The van der Waals surface area contributed by atoms with Crippen LogP contribution in [-0.2, 0) is 29.5 Å². The van der Waals surface area contributed by atoms with Gasteiger partial charge in [-0.3, -0.25) is 4.79 Å². The molecule has 6 nitrogen and oxygen atoms in total. The summed E-state index contributed by atoms with van der Waals surface area (Å²) in [4.78, 5) is 34.1. The van der Waals surface area contributed by atoms with Crippen LogP contribution in [0.15, 0.2) is 30.4 Å². The molecule has 0 heterocycles. The minimum absolute atomic E-state index is 0.178. The molecule has 1 aliphatic rings. The zero-order valence-electron chi connectivity index (χ0n) is 13.2. The van der Waals surface area contributed by atoms with Gasteiger partial charge >= 0.3 is 17.9 Å². The Morgan fingerprint density at radius 2 is 1.92 bits per heavy atom. The molecule has 1 fully saturated rings. The number of halogens is 2. The third-order valence-electron chi connectivity index (χ3n) is 3.87. The highest BCUT2D eigenvalue weighted by Gasteiger charge is 2.44. The Kier molecular flexibility index (Phi) is 6.08. The van der Waals surface area contributed by atoms with Gasteiger partial charge in [-0.1, -0.05) is 35.8 Å². The Morgan fingerprint density at radius 3 is 2.44 bits per heavy atom. The fourth-order valence-corrected chi connectivity index (χ4v) is 3.09. The Labute approximate surface area is 154 Å². The van der Waals surface area contributed by atoms with Crippen molar-refractivity contribution in [1.29, 1.82) is 0 Å². The summed E-state index contributed by atoms with van der Waals surface area (Å²) < 4.78 is 10.0. The molecule has 1 aliphatic carbocycles. The summed E-state index contributed by atoms with van der Waals surface area (Å²) in [6, 6.07) is 4.96. The fraction of sp³-hybridized carbons (Fsp3) is 0.353. The quantitative estimate of drug-likeness (QED) is 0.569. The summed E-state index contributed by atoms with van der Waals surface area (Å²) in [6.45, 7) is 2.64. The SMILES string of the molecule is C=C(CC(=O)OC1(c2ccc(Cl)cc2Cl)CCC1)C(=O)OCC(=O)O. The average Bonchev–Trinajstić information content (AvgIpc) is 2.49. The summed E-state index contributed by atoms with van der Waals surface area (Å²) in [5, 5.41) is 9.35. The monoisotopic (exact) mass is 386 g/mol. The van der Waals surface area contributed by atoms with Crippen LogP contribution in [0, 0.1) is 0 Å². The lowest BCUT2D eigenvalue weighted by molar-refractivity contribution is -0.171. The van der Waals surface area contributed by atoms with Gasteiger partial charge in [0.05, 0.1) is 6.42 Å². The lowest BCUT2D eigenvalue weighted by atomic mass is 9.74. The van der Waals surface area contributed by atoms with E-state index >= 15 is 0 Å². The van der Waals surface area contributed by atoms with Crippen molar-refractivity contribution in [3.8, 4) is 0 Å². The molecule has 2 rings (SSSR count). The molecule has 134 valence electrons. The van der Waals surface area contributed by atoms with E-state index in [4.69, 9.17) is 33.0 Å². The van der Waals surface area contributed by atoms with Gasteiger partial charge in [-0.15, -0.1) is 0 Å². The van der Waals surface area contributed by atoms with E-state index in [1.165, 1.54) is 0 Å². The number of carbonyl (C=O) groups is 3. The minimum Gasteiger partial charge on any atom is -0.479 e. The molecule has 0 amide bonds. The number of carboxylic acid groups (broad SMARTS) is 1. The third kappa shape index (κ3) is 4.74. The standard InChI is InChI=1S/C17H16Cl2O6/c1-10(16(23)24-9-14(20)21)7-15(22)25-17(5-2-6-17)12-4-3-11(18)8-13(12)19/h3-4,8H,1-2,5-7,9H2,(H,20,21). The molecule has 0 spiro atoms. The Morgan fingerprint density at radius 1 is 1.24 bits per heavy atom. The van der Waals surface area contributed by atoms with Gasteiger partial charge in [-0.25, -0.2) is 9.59 Å². The van der Waals surface area contributed by atoms with Crippen LogP contribution >= 0.6 is 23.2 Å². The van der Waals surface area contributed by atoms with Gasteiger partial charge in [-0.05, 0) is 31.4 Å². The molecule has 0 aliphatic heterocycles. The van der Waals surface area contributed by atoms with Crippen molar-refractivity contribution in [3.05, 3.63) is 46.0 Å². The number of carbonyl (C=O) groups excluding carboxylic acids is 2. The topological polar surface area (TPSA) is 89.9 Å². The molecular weight excluding hydrogens is 371 g/mol. The lowest BCUT2D eigenvalue weighted by Crippen LogP contribution is -2.39. The summed E-state index contributed by atoms with van der Waals surface area (Å²) >= 11 is 12.1. The van der Waals surface area contributed by atoms with E-state index < -0.39 is 36.5 Å². The first-order valence-corrected chi connectivity index (χ1v) is 8.23. The van der Waals surface area contributed by atoms with E-state index in [1.54, 1.807) is 18.2 Å². The molecule has 1 aromatic carbocycles. The molecule has 0 saturated heterocycles. The van der Waals surface area contributed by atoms with Crippen molar-refractivity contribution in [2.75, 3.05) is 6.61 Å². The van der Waals surface area contributed by atoms with Crippen molar-refractivity contribution in [2.45, 2.75) is 31.3 Å². The number of carboxylic acids is 1. The molecule has 0 atom stereocenters. The molecule has 1 N–H and O–H groups in total. The molecular formula is C17H16Cl2O6. The van der Waals surface area contributed by atoms with E-state index in [9.17, 15) is 14.4 Å². The van der Waals surface area contributed by atoms with E-state index in [-0.39, 0.29) is 5.57 Å². The largest absolute Gasteiger partial charge is 0.479 e. The molecule has 1 aromatic rings. The molecule has 0 bridgehead atoms. The van der Waals surface area contributed by atoms with Gasteiger partial charge in [0, 0.05) is 21.2 Å². The first-order valence-electron chi connectivity index (χ1n) is 7.47. The van der Waals surface area contributed by atoms with Gasteiger partial charge in [0.25, 0.3) is 0 Å². The van der Waals surface area contributed by atoms with E-state index in [1.807, 2.05) is 0 Å². The lowest BCUT2D eigenvalue weighted by Gasteiger charge is -2.42. The maximum Gasteiger partial charge on any atom is 0.341 e. The second kappa shape index (κ2) is 7.89. The molecule has 1 saturated carbocycles. The smallest absolute Gasteiger partial charge is 0.341 e. The van der Waals surface area contributed by atoms with E-state index in [0.717, 1.165) is 6.42 Å². The van der Waals surface area contributed by atoms with Crippen LogP contribution in [0.5, 0.6) is 0 Å². The van der Waals surface area contributed by atoms with Crippen LogP contribution in [-0.4, -0.2) is 29.6 Å². The second-order valence-electron chi connectivity index (χ2n) is 5.70. The number of benzene rings is 1. The van der Waals surface area contributed by atoms with Crippen molar-refractivity contribution in [1.82, 2.24) is 0 Å². The van der Waals surface area contributed by atoms with Crippen LogP contribution in [0.4, 0.5) is 0 Å². The molecule has 25 heavy (non-hydrogen) atoms. The number of rotatable bonds is 7. The molecule has 0 unspecified atom stereocenters. The first kappa shape index (κ1) is 19.3. The van der Waals surface area contributed by atoms with Crippen molar-refractivity contribution < 1.29 is 29.0 Å². The van der Waals surface area contributed by atoms with Gasteiger partial charge in [0.15, 0.2) is 6.61 Å². The predicted molar refractivity (Wildman–Crippen MR) is 90.4 cm³/mol. The molecule has 0 aromatic heterocycles. The fourth-order valence-electron chi connectivity index (χ4n) is 2.51. The third-order valence-corrected chi connectivity index (χ3v) is 4.41. The van der Waals surface area contributed by atoms with Crippen LogP contribution in [0.25, 0.3) is 0 Å². The summed E-state index contributed by atoms with van der Waals surface area (Å²) in [5.41, 5.74) is -0.357.